The van der Waals surface area contributed by atoms with Crippen LogP contribution in [-0.2, 0) is 0 Å². The Labute approximate surface area is 170 Å². The van der Waals surface area contributed by atoms with Crippen LogP contribution in [0.15, 0.2) is 40.3 Å². The molecule has 0 bridgehead atoms. The smallest absolute Gasteiger partial charge is 0.251 e. The van der Waals surface area contributed by atoms with Gasteiger partial charge in [-0.1, -0.05) is 77.6 Å². The Morgan fingerprint density at radius 2 is 1.41 bits per heavy atom. The largest absolute Gasteiger partial charge is 0.301 e. The van der Waals surface area contributed by atoms with Gasteiger partial charge in [0, 0.05) is 17.5 Å². The van der Waals surface area contributed by atoms with Gasteiger partial charge in [-0.2, -0.15) is 0 Å². The second-order valence-electron chi connectivity index (χ2n) is 7.97. The fraction of sp³-hybridized carbons (Fsp3) is 0.565. The summed E-state index contributed by atoms with van der Waals surface area (Å²) in [6.07, 6.45) is 0. The molecule has 0 aliphatic rings. The zero-order valence-electron chi connectivity index (χ0n) is 18.6. The molecule has 2 aromatic rings. The van der Waals surface area contributed by atoms with Crippen LogP contribution in [0.5, 0.6) is 0 Å². The normalized spacial score (nSPS) is 10.4. The maximum absolute atomic E-state index is 11.0. The van der Waals surface area contributed by atoms with Crippen molar-refractivity contribution in [2.24, 2.45) is 17.8 Å². The van der Waals surface area contributed by atoms with Crippen LogP contribution in [0.25, 0.3) is 0 Å². The third-order valence-corrected chi connectivity index (χ3v) is 5.46. The minimum atomic E-state index is -0.0706. The number of aromatic nitrogens is 2. The highest BCUT2D eigenvalue weighted by Gasteiger charge is 2.00. The van der Waals surface area contributed by atoms with E-state index in [2.05, 4.69) is 89.6 Å². The number of nitrogens with zero attached hydrogens (tertiary/aromatic N) is 1. The molecule has 0 unspecified atom stereocenters. The zero-order valence-corrected chi connectivity index (χ0v) is 19.4. The fourth-order valence-corrected chi connectivity index (χ4v) is 2.40. The number of rotatable bonds is 4. The molecule has 0 amide bonds. The summed E-state index contributed by atoms with van der Waals surface area (Å²) in [6.45, 7) is 19.3. The molecule has 152 valence electrons. The summed E-state index contributed by atoms with van der Waals surface area (Å²) in [5.41, 5.74) is 3.44. The van der Waals surface area contributed by atoms with Crippen molar-refractivity contribution in [2.45, 2.75) is 67.5 Å². The number of aryl methyl sites for hydroxylation is 3. The van der Waals surface area contributed by atoms with Gasteiger partial charge in [-0.05, 0) is 49.7 Å². The number of hydrogen-bond donors (Lipinski definition) is 1. The lowest BCUT2D eigenvalue weighted by molar-refractivity contribution is 0.457. The van der Waals surface area contributed by atoms with Crippen LogP contribution in [-0.4, -0.2) is 15.7 Å². The van der Waals surface area contributed by atoms with Crippen LogP contribution in [0.3, 0.4) is 0 Å². The van der Waals surface area contributed by atoms with Crippen molar-refractivity contribution < 1.29 is 0 Å². The average molecular weight is 391 g/mol. The lowest BCUT2D eigenvalue weighted by atomic mass is 10.0. The van der Waals surface area contributed by atoms with E-state index < -0.39 is 0 Å². The molecule has 0 aliphatic heterocycles. The van der Waals surface area contributed by atoms with Crippen LogP contribution in [0.4, 0.5) is 0 Å². The third kappa shape index (κ3) is 13.3. The predicted octanol–water partition coefficient (Wildman–Crippen LogP) is 6.43. The molecule has 0 radical (unpaired) electrons. The maximum Gasteiger partial charge on any atom is 0.251 e. The van der Waals surface area contributed by atoms with E-state index in [0.717, 1.165) is 28.4 Å². The highest BCUT2D eigenvalue weighted by molar-refractivity contribution is 7.99. The van der Waals surface area contributed by atoms with Gasteiger partial charge >= 0.3 is 0 Å². The molecule has 2 rings (SSSR count). The summed E-state index contributed by atoms with van der Waals surface area (Å²) in [5, 5.41) is 0.721. The second-order valence-corrected chi connectivity index (χ2v) is 8.98. The summed E-state index contributed by atoms with van der Waals surface area (Å²) in [6, 6.07) is 9.86. The van der Waals surface area contributed by atoms with E-state index in [-0.39, 0.29) is 5.56 Å². The minimum absolute atomic E-state index is 0.0706. The van der Waals surface area contributed by atoms with E-state index in [4.69, 9.17) is 0 Å². The summed E-state index contributed by atoms with van der Waals surface area (Å²) >= 11 is 1.59. The highest BCUT2D eigenvalue weighted by atomic mass is 32.2. The monoisotopic (exact) mass is 390 g/mol. The first-order valence-corrected chi connectivity index (χ1v) is 10.7. The number of nitrogens with one attached hydrogen (secondary N) is 1. The van der Waals surface area contributed by atoms with Crippen LogP contribution < -0.4 is 5.56 Å². The summed E-state index contributed by atoms with van der Waals surface area (Å²) in [4.78, 5) is 18.0. The molecule has 27 heavy (non-hydrogen) atoms. The molecule has 0 saturated heterocycles. The summed E-state index contributed by atoms with van der Waals surface area (Å²) < 4.78 is 0. The van der Waals surface area contributed by atoms with E-state index in [9.17, 15) is 4.79 Å². The van der Waals surface area contributed by atoms with E-state index in [1.165, 1.54) is 17.2 Å². The van der Waals surface area contributed by atoms with Gasteiger partial charge in [-0.3, -0.25) is 4.79 Å². The Morgan fingerprint density at radius 1 is 0.926 bits per heavy atom. The number of aromatic amines is 1. The van der Waals surface area contributed by atoms with Crippen molar-refractivity contribution in [3.05, 3.63) is 57.5 Å². The molecule has 0 atom stereocenters. The van der Waals surface area contributed by atoms with Crippen LogP contribution >= 0.6 is 11.8 Å². The van der Waals surface area contributed by atoms with Gasteiger partial charge in [0.05, 0.1) is 0 Å². The average Bonchev–Trinajstić information content (AvgIpc) is 2.56. The summed E-state index contributed by atoms with van der Waals surface area (Å²) in [5.74, 6) is 3.29. The van der Waals surface area contributed by atoms with E-state index >= 15 is 0 Å². The van der Waals surface area contributed by atoms with Crippen molar-refractivity contribution in [1.82, 2.24) is 9.97 Å². The van der Waals surface area contributed by atoms with E-state index in [1.807, 2.05) is 6.92 Å². The number of thioether (sulfide) groups is 1. The lowest BCUT2D eigenvalue weighted by Gasteiger charge is -2.05. The van der Waals surface area contributed by atoms with Crippen molar-refractivity contribution in [1.29, 1.82) is 0 Å². The molecular formula is C23H38N2OS. The van der Waals surface area contributed by atoms with E-state index in [1.54, 1.807) is 11.8 Å². The van der Waals surface area contributed by atoms with Gasteiger partial charge in [0.25, 0.3) is 5.56 Å². The van der Waals surface area contributed by atoms with Gasteiger partial charge in [0.15, 0.2) is 5.16 Å². The molecule has 4 heteroatoms. The first-order chi connectivity index (χ1) is 12.5. The second kappa shape index (κ2) is 13.6. The third-order valence-electron chi connectivity index (χ3n) is 4.16. The van der Waals surface area contributed by atoms with Gasteiger partial charge in [-0.25, -0.2) is 4.98 Å². The highest BCUT2D eigenvalue weighted by Crippen LogP contribution is 2.14. The lowest BCUT2D eigenvalue weighted by Crippen LogP contribution is -2.08. The Bertz CT molecular complexity index is 679. The first-order valence-electron chi connectivity index (χ1n) is 9.75. The molecule has 0 fully saturated rings. The van der Waals surface area contributed by atoms with Crippen LogP contribution in [0.2, 0.25) is 0 Å². The Hall–Kier alpha value is -1.55. The fourth-order valence-electron chi connectivity index (χ4n) is 1.53. The van der Waals surface area contributed by atoms with Crippen LogP contribution in [0.1, 0.15) is 58.4 Å². The van der Waals surface area contributed by atoms with Crippen molar-refractivity contribution in [2.75, 3.05) is 5.75 Å². The SMILES string of the molecule is CC(C)C(C)C.Cc1cc(=O)[nH]c(SCC(C)C)n1.Cc1ccccc1C. The zero-order chi connectivity index (χ0) is 21.0. The number of benzene rings is 1. The molecule has 1 aromatic carbocycles. The van der Waals surface area contributed by atoms with Crippen molar-refractivity contribution in [3.8, 4) is 0 Å². The molecule has 0 spiro atoms. The van der Waals surface area contributed by atoms with Gasteiger partial charge < -0.3 is 4.98 Å². The molecule has 0 saturated carbocycles. The minimum Gasteiger partial charge on any atom is -0.301 e. The van der Waals surface area contributed by atoms with Gasteiger partial charge in [-0.15, -0.1) is 0 Å². The summed E-state index contributed by atoms with van der Waals surface area (Å²) in [7, 11) is 0. The standard InChI is InChI=1S/C9H14N2OS.C8H10.C6H14/c1-6(2)5-13-9-10-7(3)4-8(12)11-9;1-7-5-3-4-6-8(7)2;1-5(2)6(3)4/h4,6H,5H2,1-3H3,(H,10,11,12);3-6H,1-2H3;5-6H,1-4H3. The first kappa shape index (κ1) is 25.4. The number of hydrogen-bond acceptors (Lipinski definition) is 3. The molecule has 0 aliphatic carbocycles. The van der Waals surface area contributed by atoms with Crippen molar-refractivity contribution in [3.63, 3.8) is 0 Å². The topological polar surface area (TPSA) is 45.8 Å². The van der Waals surface area contributed by atoms with Gasteiger partial charge in [0.2, 0.25) is 0 Å². The Morgan fingerprint density at radius 3 is 1.74 bits per heavy atom. The predicted molar refractivity (Wildman–Crippen MR) is 121 cm³/mol. The molecule has 1 N–H and O–H groups in total. The van der Waals surface area contributed by atoms with Gasteiger partial charge in [0.1, 0.15) is 0 Å². The quantitative estimate of drug-likeness (QED) is 0.483. The molecule has 1 heterocycles. The Kier molecular flexibility index (Phi) is 12.8. The number of H-pyrrole nitrogens is 1. The molecular weight excluding hydrogens is 352 g/mol. The van der Waals surface area contributed by atoms with E-state index in [0.29, 0.717) is 5.92 Å². The van der Waals surface area contributed by atoms with Crippen molar-refractivity contribution >= 4 is 11.8 Å². The van der Waals surface area contributed by atoms with Crippen LogP contribution in [0, 0.1) is 38.5 Å². The maximum atomic E-state index is 11.0. The molecule has 1 aromatic heterocycles. The Balaban J connectivity index is 0.000000413. The molecule has 3 nitrogen and oxygen atoms in total.